The van der Waals surface area contributed by atoms with Crippen molar-refractivity contribution in [2.75, 3.05) is 14.2 Å². The summed E-state index contributed by atoms with van der Waals surface area (Å²) in [5.41, 5.74) is 12.9. The Balaban J connectivity index is 1.21. The second-order valence-corrected chi connectivity index (χ2v) is 20.1. The highest BCUT2D eigenvalue weighted by Gasteiger charge is 2.39. The average molecular weight is 907 g/mol. The molecule has 0 spiro atoms. The van der Waals surface area contributed by atoms with Gasteiger partial charge in [0.1, 0.15) is 34.5 Å². The Morgan fingerprint density at radius 1 is 0.530 bits per heavy atom. The topological polar surface area (TPSA) is 55.4 Å². The summed E-state index contributed by atoms with van der Waals surface area (Å²) in [6, 6.07) is 29.5. The van der Waals surface area contributed by atoms with Crippen LogP contribution in [0.15, 0.2) is 157 Å². The summed E-state index contributed by atoms with van der Waals surface area (Å²) in [6.07, 6.45) is 22.8. The lowest BCUT2D eigenvalue weighted by Crippen LogP contribution is -2.11. The Morgan fingerprint density at radius 3 is 1.35 bits per heavy atom. The van der Waals surface area contributed by atoms with Gasteiger partial charge in [0.2, 0.25) is 0 Å². The molecule has 8 heteroatoms. The third-order valence-corrected chi connectivity index (χ3v) is 16.0. The van der Waals surface area contributed by atoms with Crippen molar-refractivity contribution in [1.82, 2.24) is 0 Å². The van der Waals surface area contributed by atoms with Crippen LogP contribution in [-0.2, 0) is 12.8 Å². The number of methoxy groups -OCH3 is 2. The van der Waals surface area contributed by atoms with E-state index >= 15 is 0 Å². The van der Waals surface area contributed by atoms with Crippen LogP contribution in [0, 0.1) is 0 Å². The lowest BCUT2D eigenvalue weighted by atomic mass is 9.90. The van der Waals surface area contributed by atoms with Gasteiger partial charge in [-0.2, -0.15) is 0 Å². The minimum Gasteiger partial charge on any atom is -0.496 e. The fourth-order valence-electron chi connectivity index (χ4n) is 9.63. The first-order chi connectivity index (χ1) is 32.2. The molecule has 0 fully saturated rings. The van der Waals surface area contributed by atoms with Crippen molar-refractivity contribution in [1.29, 1.82) is 0 Å². The molecular weight excluding hydrogens is 855 g/mol. The molecular formula is C58H52O6P2. The molecule has 4 atom stereocenters. The Labute approximate surface area is 390 Å². The molecule has 4 unspecified atom stereocenters. The molecule has 0 bridgehead atoms. The van der Waals surface area contributed by atoms with Crippen LogP contribution >= 0.6 is 16.8 Å². The van der Waals surface area contributed by atoms with Crippen molar-refractivity contribution >= 4 is 62.6 Å². The molecule has 6 aromatic rings. The van der Waals surface area contributed by atoms with E-state index in [-0.39, 0.29) is 11.3 Å². The normalized spacial score (nSPS) is 19.5. The van der Waals surface area contributed by atoms with E-state index in [0.717, 1.165) is 90.4 Å². The molecule has 6 aromatic carbocycles. The van der Waals surface area contributed by atoms with Gasteiger partial charge in [0.15, 0.2) is 0 Å². The standard InChI is InChI=1S/C58H52O6P2/c1-9-13-39-17-21-49-41(27-39)31-43-23-35(5)25-55(43)65(61-49)63-53-33-51(59-7)47-29-37(11-3)15-19-45(47)57(53)58-46-20-16-38(12-4)30-48(46)52(60-8)34-54(58)64-66-56-26-36(6)24-44(56)32-42-28-40(14-10-2)18-22-50(42)62-66/h9-30,33-34,55-56H,3-4,31-32H2,1-2,5-8H3/b13-9-,14-10-. The number of fused-ring (bicyclic) bond motifs is 6. The third-order valence-electron chi connectivity index (χ3n) is 12.6. The monoisotopic (exact) mass is 906 g/mol. The number of hydrogen-bond acceptors (Lipinski definition) is 6. The van der Waals surface area contributed by atoms with Crippen LogP contribution in [-0.4, -0.2) is 25.5 Å². The summed E-state index contributed by atoms with van der Waals surface area (Å²) in [4.78, 5) is 0. The van der Waals surface area contributed by atoms with E-state index in [1.807, 2.05) is 38.1 Å². The molecule has 0 radical (unpaired) electrons. The SMILES string of the molecule is C=Cc1ccc2c(-c3c(OP4Oc5ccc(/C=C\C)cc5CC5=CC(C)=CC54)cc(OC)c4cc(C=C)ccc34)c(OP3Oc4ccc(/C=C\C)cc4CC4=CC(C)=CC43)cc(OC)c2c1. The van der Waals surface area contributed by atoms with Crippen molar-refractivity contribution in [3.63, 3.8) is 0 Å². The summed E-state index contributed by atoms with van der Waals surface area (Å²) in [7, 11) is 0.159. The van der Waals surface area contributed by atoms with E-state index in [9.17, 15) is 0 Å². The maximum atomic E-state index is 7.49. The van der Waals surface area contributed by atoms with Crippen LogP contribution in [0.2, 0.25) is 0 Å². The van der Waals surface area contributed by atoms with Crippen molar-refractivity contribution in [2.45, 2.75) is 51.9 Å². The molecule has 6 nitrogen and oxygen atoms in total. The van der Waals surface area contributed by atoms with Crippen LogP contribution in [0.3, 0.4) is 0 Å². The Kier molecular flexibility index (Phi) is 11.8. The first kappa shape index (κ1) is 43.3. The van der Waals surface area contributed by atoms with Crippen LogP contribution in [0.1, 0.15) is 61.1 Å². The number of benzene rings is 6. The van der Waals surface area contributed by atoms with Crippen LogP contribution in [0.5, 0.6) is 34.5 Å². The third kappa shape index (κ3) is 7.97. The van der Waals surface area contributed by atoms with Crippen molar-refractivity contribution in [3.8, 4) is 45.6 Å². The van der Waals surface area contributed by atoms with Gasteiger partial charge in [-0.05, 0) is 132 Å². The number of allylic oxidation sites excluding steroid dienone is 10. The quantitative estimate of drug-likeness (QED) is 0.121. The molecule has 0 saturated carbocycles. The van der Waals surface area contributed by atoms with Gasteiger partial charge in [-0.3, -0.25) is 0 Å². The van der Waals surface area contributed by atoms with E-state index in [1.165, 1.54) is 22.3 Å². The molecule has 0 aromatic heterocycles. The molecule has 66 heavy (non-hydrogen) atoms. The zero-order chi connectivity index (χ0) is 45.6. The van der Waals surface area contributed by atoms with E-state index in [1.54, 1.807) is 14.2 Å². The van der Waals surface area contributed by atoms with Crippen LogP contribution in [0.25, 0.3) is 57.0 Å². The maximum absolute atomic E-state index is 7.49. The van der Waals surface area contributed by atoms with Gasteiger partial charge in [-0.1, -0.05) is 121 Å². The zero-order valence-electron chi connectivity index (χ0n) is 38.2. The smallest absolute Gasteiger partial charge is 0.302 e. The highest BCUT2D eigenvalue weighted by atomic mass is 31.2. The average Bonchev–Trinajstić information content (AvgIpc) is 3.80. The zero-order valence-corrected chi connectivity index (χ0v) is 40.0. The van der Waals surface area contributed by atoms with Crippen molar-refractivity contribution in [3.05, 3.63) is 190 Å². The minimum absolute atomic E-state index is 0.0763. The lowest BCUT2D eigenvalue weighted by Gasteiger charge is -2.28. The van der Waals surface area contributed by atoms with Crippen LogP contribution < -0.4 is 27.6 Å². The molecule has 2 aliphatic heterocycles. The Hall–Kier alpha value is -6.58. The number of ether oxygens (including phenoxy) is 2. The summed E-state index contributed by atoms with van der Waals surface area (Å²) in [5, 5.41) is 3.65. The lowest BCUT2D eigenvalue weighted by molar-refractivity contribution is 0.416. The van der Waals surface area contributed by atoms with Crippen LogP contribution in [0.4, 0.5) is 0 Å². The number of hydrogen-bond donors (Lipinski definition) is 0. The summed E-state index contributed by atoms with van der Waals surface area (Å²) in [6.45, 7) is 16.6. The molecule has 0 N–H and O–H groups in total. The van der Waals surface area contributed by atoms with Gasteiger partial charge >= 0.3 is 16.8 Å². The molecule has 4 aliphatic rings. The van der Waals surface area contributed by atoms with Gasteiger partial charge < -0.3 is 27.6 Å². The number of rotatable bonds is 11. The Bertz CT molecular complexity index is 2970. The first-order valence-corrected chi connectivity index (χ1v) is 24.8. The van der Waals surface area contributed by atoms with Gasteiger partial charge in [0.05, 0.1) is 25.5 Å². The largest absolute Gasteiger partial charge is 0.496 e. The molecule has 0 saturated heterocycles. The summed E-state index contributed by atoms with van der Waals surface area (Å²) < 4.78 is 41.6. The fourth-order valence-corrected chi connectivity index (χ4v) is 13.2. The fraction of sp³-hybridized carbons (Fsp3) is 0.172. The van der Waals surface area contributed by atoms with E-state index in [0.29, 0.717) is 23.0 Å². The first-order valence-electron chi connectivity index (χ1n) is 22.3. The van der Waals surface area contributed by atoms with Gasteiger partial charge in [-0.15, -0.1) is 0 Å². The summed E-state index contributed by atoms with van der Waals surface area (Å²) in [5.74, 6) is 4.21. The highest BCUT2D eigenvalue weighted by molar-refractivity contribution is 7.50. The van der Waals surface area contributed by atoms with E-state index in [4.69, 9.17) is 27.6 Å². The molecule has 10 rings (SSSR count). The maximum Gasteiger partial charge on any atom is 0.302 e. The van der Waals surface area contributed by atoms with Crippen molar-refractivity contribution < 1.29 is 27.6 Å². The molecule has 330 valence electrons. The van der Waals surface area contributed by atoms with Gasteiger partial charge in [0.25, 0.3) is 0 Å². The van der Waals surface area contributed by atoms with Gasteiger partial charge in [-0.25, -0.2) is 0 Å². The Morgan fingerprint density at radius 2 is 0.955 bits per heavy atom. The predicted molar refractivity (Wildman–Crippen MR) is 277 cm³/mol. The molecule has 2 aliphatic carbocycles. The molecule has 0 amide bonds. The highest BCUT2D eigenvalue weighted by Crippen LogP contribution is 2.61. The van der Waals surface area contributed by atoms with Gasteiger partial charge in [0, 0.05) is 34.0 Å². The van der Waals surface area contributed by atoms with Crippen molar-refractivity contribution in [2.24, 2.45) is 0 Å². The second-order valence-electron chi connectivity index (χ2n) is 17.1. The predicted octanol–water partition coefficient (Wildman–Crippen LogP) is 16.2. The second kappa shape index (κ2) is 18.0. The minimum atomic E-state index is -1.63. The molecule has 2 heterocycles. The van der Waals surface area contributed by atoms with E-state index in [2.05, 4.69) is 148 Å². The van der Waals surface area contributed by atoms with E-state index < -0.39 is 16.8 Å². The summed E-state index contributed by atoms with van der Waals surface area (Å²) >= 11 is 0.